The zero-order valence-electron chi connectivity index (χ0n) is 15.0. The highest BCUT2D eigenvalue weighted by molar-refractivity contribution is 8.01. The van der Waals surface area contributed by atoms with Crippen LogP contribution in [0.3, 0.4) is 0 Å². The summed E-state index contributed by atoms with van der Waals surface area (Å²) in [5, 5.41) is 19.2. The number of aromatic nitrogens is 4. The fraction of sp³-hybridized carbons (Fsp3) is 0.294. The van der Waals surface area contributed by atoms with Crippen LogP contribution in [0.4, 0.5) is 10.8 Å². The van der Waals surface area contributed by atoms with Gasteiger partial charge in [0.05, 0.1) is 28.5 Å². The van der Waals surface area contributed by atoms with E-state index in [9.17, 15) is 4.79 Å². The van der Waals surface area contributed by atoms with Gasteiger partial charge in [-0.15, -0.1) is 10.2 Å². The molecule has 0 spiro atoms. The van der Waals surface area contributed by atoms with E-state index in [1.165, 1.54) is 28.7 Å². The number of amides is 1. The second kappa shape index (κ2) is 7.88. The van der Waals surface area contributed by atoms with Gasteiger partial charge in [0, 0.05) is 7.05 Å². The van der Waals surface area contributed by atoms with E-state index in [0.717, 1.165) is 32.2 Å². The van der Waals surface area contributed by atoms with Crippen molar-refractivity contribution in [1.29, 1.82) is 0 Å². The molecular formula is C17H20N6OS2. The van der Waals surface area contributed by atoms with Crippen LogP contribution in [0.2, 0.25) is 0 Å². The van der Waals surface area contributed by atoms with Gasteiger partial charge in [0.1, 0.15) is 0 Å². The van der Waals surface area contributed by atoms with E-state index in [1.807, 2.05) is 49.7 Å². The summed E-state index contributed by atoms with van der Waals surface area (Å²) in [5.41, 5.74) is 4.61. The number of thioether (sulfide) groups is 1. The van der Waals surface area contributed by atoms with Crippen LogP contribution in [-0.2, 0) is 4.79 Å². The van der Waals surface area contributed by atoms with Crippen LogP contribution in [0.25, 0.3) is 5.69 Å². The average molecular weight is 389 g/mol. The van der Waals surface area contributed by atoms with Gasteiger partial charge < -0.3 is 10.6 Å². The highest BCUT2D eigenvalue weighted by Gasteiger charge is 2.16. The Kier molecular flexibility index (Phi) is 5.58. The minimum absolute atomic E-state index is 0.0918. The Bertz CT molecular complexity index is 916. The van der Waals surface area contributed by atoms with Crippen molar-refractivity contribution in [3.63, 3.8) is 0 Å². The van der Waals surface area contributed by atoms with E-state index >= 15 is 0 Å². The van der Waals surface area contributed by atoms with Crippen molar-refractivity contribution in [3.8, 4) is 5.69 Å². The van der Waals surface area contributed by atoms with Gasteiger partial charge >= 0.3 is 0 Å². The van der Waals surface area contributed by atoms with Crippen molar-refractivity contribution in [3.05, 3.63) is 41.2 Å². The molecule has 3 rings (SSSR count). The lowest BCUT2D eigenvalue weighted by Crippen LogP contribution is -2.15. The molecule has 0 fully saturated rings. The predicted molar refractivity (Wildman–Crippen MR) is 107 cm³/mol. The maximum atomic E-state index is 12.3. The summed E-state index contributed by atoms with van der Waals surface area (Å²) in [7, 11) is 1.79. The molecule has 2 N–H and O–H groups in total. The molecule has 0 bridgehead atoms. The van der Waals surface area contributed by atoms with Crippen LogP contribution in [0.15, 0.2) is 28.6 Å². The molecule has 26 heavy (non-hydrogen) atoms. The molecule has 0 saturated carbocycles. The van der Waals surface area contributed by atoms with Crippen LogP contribution in [-0.4, -0.2) is 38.7 Å². The first-order valence-electron chi connectivity index (χ1n) is 8.05. The minimum Gasteiger partial charge on any atom is -0.363 e. The van der Waals surface area contributed by atoms with Gasteiger partial charge in [-0.25, -0.2) is 4.68 Å². The first kappa shape index (κ1) is 18.4. The molecule has 136 valence electrons. The molecule has 2 heterocycles. The van der Waals surface area contributed by atoms with Gasteiger partial charge in [0.25, 0.3) is 0 Å². The molecular weight excluding hydrogens is 368 g/mol. The number of carbonyl (C=O) groups is 1. The molecule has 0 radical (unpaired) electrons. The molecule has 2 aromatic heterocycles. The molecule has 0 unspecified atom stereocenters. The normalized spacial score (nSPS) is 10.8. The van der Waals surface area contributed by atoms with E-state index in [2.05, 4.69) is 25.9 Å². The second-order valence-electron chi connectivity index (χ2n) is 5.75. The summed E-state index contributed by atoms with van der Waals surface area (Å²) in [6, 6.07) is 8.13. The predicted octanol–water partition coefficient (Wildman–Crippen LogP) is 3.42. The van der Waals surface area contributed by atoms with Crippen molar-refractivity contribution < 1.29 is 4.79 Å². The van der Waals surface area contributed by atoms with Crippen molar-refractivity contribution in [2.45, 2.75) is 25.1 Å². The zero-order valence-corrected chi connectivity index (χ0v) is 16.7. The van der Waals surface area contributed by atoms with Crippen LogP contribution >= 0.6 is 23.1 Å². The van der Waals surface area contributed by atoms with Crippen LogP contribution in [0.1, 0.15) is 17.0 Å². The molecule has 0 saturated heterocycles. The Hall–Kier alpha value is -2.39. The van der Waals surface area contributed by atoms with Gasteiger partial charge in [0.15, 0.2) is 4.34 Å². The molecule has 0 aliphatic rings. The summed E-state index contributed by atoms with van der Waals surface area (Å²) in [4.78, 5) is 12.3. The van der Waals surface area contributed by atoms with Crippen molar-refractivity contribution in [2.75, 3.05) is 23.4 Å². The molecule has 0 aliphatic carbocycles. The van der Waals surface area contributed by atoms with Crippen LogP contribution in [0, 0.1) is 20.8 Å². The zero-order chi connectivity index (χ0) is 18.7. The fourth-order valence-corrected chi connectivity index (χ4v) is 3.94. The molecule has 3 aromatic rings. The Morgan fingerprint density at radius 1 is 1.19 bits per heavy atom. The smallest absolute Gasteiger partial charge is 0.234 e. The van der Waals surface area contributed by atoms with E-state index < -0.39 is 0 Å². The lowest BCUT2D eigenvalue weighted by Gasteiger charge is -2.07. The summed E-state index contributed by atoms with van der Waals surface area (Å²) in [5.74, 6) is 0.179. The highest BCUT2D eigenvalue weighted by Crippen LogP contribution is 2.26. The first-order valence-corrected chi connectivity index (χ1v) is 9.85. The molecule has 1 aromatic carbocycles. The summed E-state index contributed by atoms with van der Waals surface area (Å²) in [6.45, 7) is 5.89. The number of benzene rings is 1. The van der Waals surface area contributed by atoms with E-state index in [0.29, 0.717) is 0 Å². The third kappa shape index (κ3) is 4.05. The van der Waals surface area contributed by atoms with Crippen LogP contribution < -0.4 is 10.6 Å². The van der Waals surface area contributed by atoms with E-state index in [4.69, 9.17) is 0 Å². The minimum atomic E-state index is -0.0918. The number of hydrogen-bond donors (Lipinski definition) is 2. The van der Waals surface area contributed by atoms with Gasteiger partial charge in [-0.2, -0.15) is 5.10 Å². The number of aryl methyl sites for hydroxylation is 2. The lowest BCUT2D eigenvalue weighted by molar-refractivity contribution is -0.113. The summed E-state index contributed by atoms with van der Waals surface area (Å²) in [6.07, 6.45) is 0. The second-order valence-corrected chi connectivity index (χ2v) is 7.95. The Labute approximate surface area is 160 Å². The van der Waals surface area contributed by atoms with E-state index in [1.54, 1.807) is 7.05 Å². The Morgan fingerprint density at radius 2 is 1.92 bits per heavy atom. The number of rotatable bonds is 6. The number of anilines is 2. The fourth-order valence-electron chi connectivity index (χ4n) is 2.43. The maximum Gasteiger partial charge on any atom is 0.234 e. The van der Waals surface area contributed by atoms with Gasteiger partial charge in [0.2, 0.25) is 11.0 Å². The summed E-state index contributed by atoms with van der Waals surface area (Å²) >= 11 is 2.79. The van der Waals surface area contributed by atoms with Gasteiger partial charge in [-0.3, -0.25) is 4.79 Å². The monoisotopic (exact) mass is 388 g/mol. The Morgan fingerprint density at radius 3 is 2.58 bits per heavy atom. The van der Waals surface area contributed by atoms with Crippen molar-refractivity contribution in [2.24, 2.45) is 0 Å². The van der Waals surface area contributed by atoms with Gasteiger partial charge in [-0.1, -0.05) is 40.8 Å². The molecule has 7 nitrogen and oxygen atoms in total. The number of nitrogens with zero attached hydrogens (tertiary/aromatic N) is 4. The number of nitrogens with one attached hydrogen (secondary N) is 2. The highest BCUT2D eigenvalue weighted by atomic mass is 32.2. The number of carbonyl (C=O) groups excluding carboxylic acids is 1. The lowest BCUT2D eigenvalue weighted by atomic mass is 10.2. The first-order chi connectivity index (χ1) is 12.5. The van der Waals surface area contributed by atoms with Gasteiger partial charge in [-0.05, 0) is 32.9 Å². The average Bonchev–Trinajstić information content (AvgIpc) is 3.20. The standard InChI is InChI=1S/C17H20N6OS2/c1-10-5-7-13(8-6-10)23-12(3)15(11(2)22-23)19-14(24)9-25-17-21-20-16(18-4)26-17/h5-8H,9H2,1-4H3,(H,18,20)(H,19,24). The topological polar surface area (TPSA) is 84.7 Å². The molecule has 0 aliphatic heterocycles. The molecule has 1 amide bonds. The van der Waals surface area contributed by atoms with E-state index in [-0.39, 0.29) is 11.7 Å². The largest absolute Gasteiger partial charge is 0.363 e. The van der Waals surface area contributed by atoms with Crippen molar-refractivity contribution >= 4 is 39.8 Å². The maximum absolute atomic E-state index is 12.3. The van der Waals surface area contributed by atoms with Crippen LogP contribution in [0.5, 0.6) is 0 Å². The molecule has 0 atom stereocenters. The van der Waals surface area contributed by atoms with Crippen molar-refractivity contribution in [1.82, 2.24) is 20.0 Å². The molecule has 9 heteroatoms. The Balaban J connectivity index is 1.69. The third-order valence-corrected chi connectivity index (χ3v) is 5.86. The number of hydrogen-bond acceptors (Lipinski definition) is 7. The SMILES string of the molecule is CNc1nnc(SCC(=O)Nc2c(C)nn(-c3ccc(C)cc3)c2C)s1. The quantitative estimate of drug-likeness (QED) is 0.630. The third-order valence-electron chi connectivity index (χ3n) is 3.78. The summed E-state index contributed by atoms with van der Waals surface area (Å²) < 4.78 is 2.61.